The lowest BCUT2D eigenvalue weighted by atomic mass is 9.99. The molecule has 0 aromatic heterocycles. The van der Waals surface area contributed by atoms with Gasteiger partial charge in [0.15, 0.2) is 5.96 Å². The number of carbonyl (C=O) groups excluding carboxylic acids is 1. The maximum absolute atomic E-state index is 12.0. The van der Waals surface area contributed by atoms with Crippen LogP contribution in [0.4, 0.5) is 5.69 Å². The molecule has 168 valence electrons. The first kappa shape index (κ1) is 24.0. The fourth-order valence-electron chi connectivity index (χ4n) is 3.25. The number of amides is 1. The highest BCUT2D eigenvalue weighted by atomic mass is 16.5. The Balaban J connectivity index is 1.88. The normalized spacial score (nSPS) is 15.9. The summed E-state index contributed by atoms with van der Waals surface area (Å²) < 4.78 is 5.69. The van der Waals surface area contributed by atoms with Crippen molar-refractivity contribution in [2.45, 2.75) is 46.1 Å². The number of anilines is 1. The van der Waals surface area contributed by atoms with Gasteiger partial charge in [0, 0.05) is 26.3 Å². The first-order chi connectivity index (χ1) is 14.3. The zero-order valence-corrected chi connectivity index (χ0v) is 19.3. The van der Waals surface area contributed by atoms with Gasteiger partial charge in [-0.2, -0.15) is 0 Å². The molecule has 0 spiro atoms. The lowest BCUT2D eigenvalue weighted by molar-refractivity contribution is -0.127. The summed E-state index contributed by atoms with van der Waals surface area (Å²) in [5.41, 5.74) is 0.902. The van der Waals surface area contributed by atoms with Gasteiger partial charge in [-0.3, -0.25) is 4.79 Å². The van der Waals surface area contributed by atoms with Gasteiger partial charge in [-0.25, -0.2) is 4.99 Å². The van der Waals surface area contributed by atoms with E-state index < -0.39 is 0 Å². The molecule has 0 aliphatic carbocycles. The lowest BCUT2D eigenvalue weighted by Gasteiger charge is -2.30. The van der Waals surface area contributed by atoms with E-state index in [4.69, 9.17) is 4.74 Å². The molecule has 1 amide bonds. The summed E-state index contributed by atoms with van der Waals surface area (Å²) in [6, 6.07) is 7.78. The fourth-order valence-corrected chi connectivity index (χ4v) is 3.25. The van der Waals surface area contributed by atoms with E-state index in [1.165, 1.54) is 25.9 Å². The Bertz CT molecular complexity index is 665. The van der Waals surface area contributed by atoms with E-state index >= 15 is 0 Å². The summed E-state index contributed by atoms with van der Waals surface area (Å²) in [5.74, 6) is 2.28. The predicted octanol–water partition coefficient (Wildman–Crippen LogP) is 3.04. The summed E-state index contributed by atoms with van der Waals surface area (Å²) in [7, 11) is 3.48. The average molecular weight is 418 g/mol. The molecule has 2 rings (SSSR count). The summed E-state index contributed by atoms with van der Waals surface area (Å²) in [4.78, 5) is 20.5. The van der Waals surface area contributed by atoms with Crippen molar-refractivity contribution in [2.75, 3.05) is 52.1 Å². The van der Waals surface area contributed by atoms with E-state index in [0.29, 0.717) is 5.96 Å². The van der Waals surface area contributed by atoms with Crippen LogP contribution >= 0.6 is 0 Å². The van der Waals surface area contributed by atoms with Crippen LogP contribution in [-0.4, -0.2) is 74.6 Å². The molecule has 0 radical (unpaired) electrons. The van der Waals surface area contributed by atoms with Gasteiger partial charge < -0.3 is 25.2 Å². The Morgan fingerprint density at radius 1 is 1.23 bits per heavy atom. The highest BCUT2D eigenvalue weighted by molar-refractivity contribution is 5.95. The number of hydrogen-bond acceptors (Lipinski definition) is 4. The number of carbonyl (C=O) groups is 1. The van der Waals surface area contributed by atoms with Gasteiger partial charge in [0.1, 0.15) is 12.3 Å². The third-order valence-corrected chi connectivity index (χ3v) is 5.18. The van der Waals surface area contributed by atoms with E-state index in [-0.39, 0.29) is 18.6 Å². The molecule has 1 aromatic rings. The number of guanidine groups is 1. The Morgan fingerprint density at radius 3 is 2.50 bits per heavy atom. The van der Waals surface area contributed by atoms with Crippen molar-refractivity contribution >= 4 is 17.6 Å². The lowest BCUT2D eigenvalue weighted by Crippen LogP contribution is -2.37. The van der Waals surface area contributed by atoms with Crippen molar-refractivity contribution in [3.05, 3.63) is 24.3 Å². The second-order valence-corrected chi connectivity index (χ2v) is 8.57. The molecule has 0 bridgehead atoms. The molecular formula is C23H39N5O2. The highest BCUT2D eigenvalue weighted by Gasteiger charge is 2.15. The number of nitrogens with zero attached hydrogens (tertiary/aromatic N) is 3. The molecule has 7 nitrogen and oxygen atoms in total. The van der Waals surface area contributed by atoms with E-state index in [2.05, 4.69) is 27.4 Å². The second kappa shape index (κ2) is 12.4. The largest absolute Gasteiger partial charge is 0.491 e. The van der Waals surface area contributed by atoms with Crippen molar-refractivity contribution in [2.24, 2.45) is 10.9 Å². The molecule has 1 heterocycles. The highest BCUT2D eigenvalue weighted by Crippen LogP contribution is 2.17. The van der Waals surface area contributed by atoms with Crippen molar-refractivity contribution in [1.29, 1.82) is 0 Å². The summed E-state index contributed by atoms with van der Waals surface area (Å²) in [5, 5.41) is 6.67. The number of nitrogens with one attached hydrogen (secondary N) is 2. The molecule has 2 N–H and O–H groups in total. The van der Waals surface area contributed by atoms with Gasteiger partial charge in [-0.1, -0.05) is 6.92 Å². The Labute approximate surface area is 181 Å². The number of benzene rings is 1. The Morgan fingerprint density at radius 2 is 1.90 bits per heavy atom. The zero-order chi connectivity index (χ0) is 21.9. The zero-order valence-electron chi connectivity index (χ0n) is 19.3. The Kier molecular flexibility index (Phi) is 9.94. The number of likely N-dealkylation sites (tertiary alicyclic amines) is 1. The van der Waals surface area contributed by atoms with Crippen LogP contribution in [0.2, 0.25) is 0 Å². The number of rotatable bonds is 9. The molecule has 7 heteroatoms. The number of ether oxygens (including phenoxy) is 1. The number of hydrogen-bond donors (Lipinski definition) is 2. The van der Waals surface area contributed by atoms with E-state index in [0.717, 1.165) is 36.9 Å². The molecule has 1 fully saturated rings. The predicted molar refractivity (Wildman–Crippen MR) is 124 cm³/mol. The molecule has 1 aliphatic rings. The molecule has 1 aromatic carbocycles. The summed E-state index contributed by atoms with van der Waals surface area (Å²) in [6.07, 6.45) is 3.77. The monoisotopic (exact) mass is 417 g/mol. The van der Waals surface area contributed by atoms with Crippen LogP contribution in [-0.2, 0) is 4.79 Å². The van der Waals surface area contributed by atoms with E-state index in [1.807, 2.05) is 38.1 Å². The maximum Gasteiger partial charge on any atom is 0.243 e. The third kappa shape index (κ3) is 9.03. The quantitative estimate of drug-likeness (QED) is 0.367. The minimum absolute atomic E-state index is 0.0285. The number of aliphatic imine (C=N–C) groups is 1. The van der Waals surface area contributed by atoms with Crippen molar-refractivity contribution in [1.82, 2.24) is 15.1 Å². The molecule has 30 heavy (non-hydrogen) atoms. The fraction of sp³-hybridized carbons (Fsp3) is 0.652. The van der Waals surface area contributed by atoms with Crippen LogP contribution in [0.15, 0.2) is 29.3 Å². The van der Waals surface area contributed by atoms with Crippen molar-refractivity contribution in [3.8, 4) is 5.75 Å². The van der Waals surface area contributed by atoms with Crippen LogP contribution in [0.25, 0.3) is 0 Å². The average Bonchev–Trinajstić information content (AvgIpc) is 2.71. The number of piperidine rings is 1. The number of likely N-dealkylation sites (N-methyl/N-ethyl adjacent to an activating group) is 1. The van der Waals surface area contributed by atoms with E-state index in [1.54, 1.807) is 19.0 Å². The molecule has 1 aliphatic heterocycles. The second-order valence-electron chi connectivity index (χ2n) is 8.57. The van der Waals surface area contributed by atoms with Crippen molar-refractivity contribution < 1.29 is 9.53 Å². The maximum atomic E-state index is 12.0. The minimum atomic E-state index is -0.0285. The molecule has 0 unspecified atom stereocenters. The van der Waals surface area contributed by atoms with Gasteiger partial charge >= 0.3 is 0 Å². The Hall–Kier alpha value is -2.28. The van der Waals surface area contributed by atoms with Crippen LogP contribution in [0.1, 0.15) is 40.0 Å². The van der Waals surface area contributed by atoms with Crippen LogP contribution in [0, 0.1) is 5.92 Å². The third-order valence-electron chi connectivity index (χ3n) is 5.18. The van der Waals surface area contributed by atoms with E-state index in [9.17, 15) is 4.79 Å². The smallest absolute Gasteiger partial charge is 0.243 e. The van der Waals surface area contributed by atoms with Crippen molar-refractivity contribution in [3.63, 3.8) is 0 Å². The van der Waals surface area contributed by atoms with Crippen LogP contribution in [0.5, 0.6) is 5.75 Å². The summed E-state index contributed by atoms with van der Waals surface area (Å²) in [6.45, 7) is 10.8. The molecule has 0 atom stereocenters. The standard InChI is InChI=1S/C23H39N5O2/c1-18(2)30-21-9-7-20(8-10-21)26-23(25-17-22(29)27(4)5)24-13-6-14-28-15-11-19(3)12-16-28/h7-10,18-19H,6,11-17H2,1-5H3,(H2,24,25,26). The molecule has 1 saturated heterocycles. The molecule has 0 saturated carbocycles. The topological polar surface area (TPSA) is 69.2 Å². The summed E-state index contributed by atoms with van der Waals surface area (Å²) >= 11 is 0. The van der Waals surface area contributed by atoms with Gasteiger partial charge in [0.25, 0.3) is 0 Å². The van der Waals surface area contributed by atoms with Gasteiger partial charge in [0.2, 0.25) is 5.91 Å². The SMILES string of the molecule is CC1CCN(CCCNC(=NCC(=O)N(C)C)Nc2ccc(OC(C)C)cc2)CC1. The minimum Gasteiger partial charge on any atom is -0.491 e. The van der Waals surface area contributed by atoms with Gasteiger partial charge in [-0.15, -0.1) is 0 Å². The van der Waals surface area contributed by atoms with Crippen LogP contribution in [0.3, 0.4) is 0 Å². The first-order valence-electron chi connectivity index (χ1n) is 11.1. The van der Waals surface area contributed by atoms with Crippen LogP contribution < -0.4 is 15.4 Å². The first-order valence-corrected chi connectivity index (χ1v) is 11.1. The molecular weight excluding hydrogens is 378 g/mol. The van der Waals surface area contributed by atoms with Gasteiger partial charge in [0.05, 0.1) is 6.10 Å². The van der Waals surface area contributed by atoms with Gasteiger partial charge in [-0.05, 0) is 82.9 Å².